The first-order valence-electron chi connectivity index (χ1n) is 7.29. The van der Waals surface area contributed by atoms with Gasteiger partial charge in [-0.3, -0.25) is 4.79 Å². The third kappa shape index (κ3) is 7.49. The van der Waals surface area contributed by atoms with Crippen molar-refractivity contribution in [2.75, 3.05) is 13.1 Å². The third-order valence-corrected chi connectivity index (χ3v) is 4.56. The first kappa shape index (κ1) is 23.3. The molecule has 0 bridgehead atoms. The Bertz CT molecular complexity index is 639. The van der Waals surface area contributed by atoms with Crippen LogP contribution < -0.4 is 10.6 Å². The highest BCUT2D eigenvalue weighted by atomic mass is 79.9. The summed E-state index contributed by atoms with van der Waals surface area (Å²) < 4.78 is 1.02. The molecule has 0 spiro atoms. The summed E-state index contributed by atoms with van der Waals surface area (Å²) in [7, 11) is 0. The van der Waals surface area contributed by atoms with Gasteiger partial charge in [-0.2, -0.15) is 0 Å². The van der Waals surface area contributed by atoms with Crippen molar-refractivity contribution in [2.45, 2.75) is 26.3 Å². The summed E-state index contributed by atoms with van der Waals surface area (Å²) in [5, 5.41) is 9.08. The molecule has 2 aromatic rings. The molecule has 0 saturated carbocycles. The second-order valence-corrected chi connectivity index (χ2v) is 6.87. The summed E-state index contributed by atoms with van der Waals surface area (Å²) in [6.45, 7) is 5.64. The molecule has 134 valence electrons. The Balaban J connectivity index is 0.00000264. The van der Waals surface area contributed by atoms with Crippen molar-refractivity contribution in [3.8, 4) is 10.6 Å². The van der Waals surface area contributed by atoms with Gasteiger partial charge >= 0.3 is 0 Å². The van der Waals surface area contributed by atoms with Crippen molar-refractivity contribution in [1.29, 1.82) is 0 Å². The molecule has 2 rings (SSSR count). The number of rotatable bonds is 7. The van der Waals surface area contributed by atoms with E-state index in [1.54, 1.807) is 11.3 Å². The zero-order valence-corrected chi connectivity index (χ0v) is 17.6. The standard InChI is InChI=1S/C16H20BrN3OS.2ClH/c1-3-18-11(2)9-19-15(21)8-14-10-22-16(20-14)12-5-4-6-13(17)7-12;;/h4-7,10-11,18H,3,8-9H2,1-2H3,(H,19,21);2*1H/t11-;;/m1../s1. The number of thiazole rings is 1. The fraction of sp³-hybridized carbons (Fsp3) is 0.375. The first-order valence-corrected chi connectivity index (χ1v) is 8.96. The van der Waals surface area contributed by atoms with E-state index in [1.165, 1.54) is 0 Å². The molecule has 1 amide bonds. The Kier molecular flexibility index (Phi) is 11.5. The zero-order chi connectivity index (χ0) is 15.9. The molecule has 1 atom stereocenters. The largest absolute Gasteiger partial charge is 0.354 e. The van der Waals surface area contributed by atoms with E-state index in [4.69, 9.17) is 0 Å². The van der Waals surface area contributed by atoms with Crippen LogP contribution in [0.15, 0.2) is 34.1 Å². The predicted octanol–water partition coefficient (Wildman–Crippen LogP) is 4.07. The maximum Gasteiger partial charge on any atom is 0.226 e. The lowest BCUT2D eigenvalue weighted by Gasteiger charge is -2.12. The van der Waals surface area contributed by atoms with E-state index in [2.05, 4.69) is 45.4 Å². The predicted molar refractivity (Wildman–Crippen MR) is 110 cm³/mol. The molecular weight excluding hydrogens is 433 g/mol. The topological polar surface area (TPSA) is 54.0 Å². The van der Waals surface area contributed by atoms with Crippen LogP contribution in [0.25, 0.3) is 10.6 Å². The minimum atomic E-state index is 0. The molecule has 4 nitrogen and oxygen atoms in total. The van der Waals surface area contributed by atoms with Crippen LogP contribution in [-0.2, 0) is 11.2 Å². The number of aromatic nitrogens is 1. The first-order chi connectivity index (χ1) is 10.6. The van der Waals surface area contributed by atoms with E-state index < -0.39 is 0 Å². The van der Waals surface area contributed by atoms with Gasteiger partial charge in [0.05, 0.1) is 12.1 Å². The maximum absolute atomic E-state index is 11.9. The molecular formula is C16H22BrCl2N3OS. The number of nitrogens with one attached hydrogen (secondary N) is 2. The molecule has 1 aromatic carbocycles. The summed E-state index contributed by atoms with van der Waals surface area (Å²) in [5.74, 6) is 0.0100. The minimum Gasteiger partial charge on any atom is -0.354 e. The van der Waals surface area contributed by atoms with Crippen LogP contribution in [0.1, 0.15) is 19.5 Å². The highest BCUT2D eigenvalue weighted by Gasteiger charge is 2.10. The number of hydrogen-bond acceptors (Lipinski definition) is 4. The van der Waals surface area contributed by atoms with Gasteiger partial charge in [0.1, 0.15) is 5.01 Å². The van der Waals surface area contributed by atoms with E-state index in [-0.39, 0.29) is 36.8 Å². The van der Waals surface area contributed by atoms with Crippen molar-refractivity contribution in [2.24, 2.45) is 0 Å². The normalized spacial score (nSPS) is 11.1. The Morgan fingerprint density at radius 2 is 2.12 bits per heavy atom. The van der Waals surface area contributed by atoms with Gasteiger partial charge in [-0.15, -0.1) is 36.2 Å². The van der Waals surface area contributed by atoms with Gasteiger partial charge in [0.25, 0.3) is 0 Å². The van der Waals surface area contributed by atoms with Gasteiger partial charge in [-0.1, -0.05) is 35.0 Å². The third-order valence-electron chi connectivity index (χ3n) is 3.12. The average molecular weight is 455 g/mol. The van der Waals surface area contributed by atoms with Gasteiger partial charge in [0.15, 0.2) is 0 Å². The van der Waals surface area contributed by atoms with Gasteiger partial charge in [0.2, 0.25) is 5.91 Å². The van der Waals surface area contributed by atoms with Gasteiger partial charge in [0, 0.05) is 28.0 Å². The fourth-order valence-corrected chi connectivity index (χ4v) is 3.27. The number of carbonyl (C=O) groups excluding carboxylic acids is 1. The Hall–Kier alpha value is -0.660. The second-order valence-electron chi connectivity index (χ2n) is 5.09. The number of benzene rings is 1. The molecule has 0 aliphatic rings. The van der Waals surface area contributed by atoms with Crippen molar-refractivity contribution in [3.05, 3.63) is 39.8 Å². The second kappa shape index (κ2) is 11.8. The Morgan fingerprint density at radius 1 is 1.38 bits per heavy atom. The van der Waals surface area contributed by atoms with Crippen molar-refractivity contribution in [1.82, 2.24) is 15.6 Å². The van der Waals surface area contributed by atoms with Crippen LogP contribution in [0, 0.1) is 0 Å². The molecule has 2 N–H and O–H groups in total. The SMILES string of the molecule is CCN[C@H](C)CNC(=O)Cc1csc(-c2cccc(Br)c2)n1.Cl.Cl. The van der Waals surface area contributed by atoms with Crippen LogP contribution >= 0.6 is 52.1 Å². The van der Waals surface area contributed by atoms with E-state index >= 15 is 0 Å². The van der Waals surface area contributed by atoms with E-state index in [0.29, 0.717) is 13.0 Å². The lowest BCUT2D eigenvalue weighted by molar-refractivity contribution is -0.120. The molecule has 1 heterocycles. The molecule has 1 aromatic heterocycles. The average Bonchev–Trinajstić information content (AvgIpc) is 2.94. The smallest absolute Gasteiger partial charge is 0.226 e. The monoisotopic (exact) mass is 453 g/mol. The molecule has 0 fully saturated rings. The Labute approximate surface area is 167 Å². The van der Waals surface area contributed by atoms with Crippen molar-refractivity contribution < 1.29 is 4.79 Å². The summed E-state index contributed by atoms with van der Waals surface area (Å²) in [6.07, 6.45) is 0.323. The molecule has 0 aliphatic heterocycles. The quantitative estimate of drug-likeness (QED) is 0.662. The highest BCUT2D eigenvalue weighted by Crippen LogP contribution is 2.26. The number of nitrogens with zero attached hydrogens (tertiary/aromatic N) is 1. The summed E-state index contributed by atoms with van der Waals surface area (Å²) in [5.41, 5.74) is 1.88. The molecule has 24 heavy (non-hydrogen) atoms. The Morgan fingerprint density at radius 3 is 2.79 bits per heavy atom. The lowest BCUT2D eigenvalue weighted by atomic mass is 10.2. The lowest BCUT2D eigenvalue weighted by Crippen LogP contribution is -2.39. The molecule has 0 radical (unpaired) electrons. The fourth-order valence-electron chi connectivity index (χ4n) is 2.06. The number of amides is 1. The van der Waals surface area contributed by atoms with E-state index in [9.17, 15) is 4.79 Å². The van der Waals surface area contributed by atoms with Crippen LogP contribution in [0.2, 0.25) is 0 Å². The maximum atomic E-state index is 11.9. The van der Waals surface area contributed by atoms with Gasteiger partial charge in [-0.05, 0) is 25.6 Å². The molecule has 0 saturated heterocycles. The van der Waals surface area contributed by atoms with Crippen molar-refractivity contribution in [3.63, 3.8) is 0 Å². The highest BCUT2D eigenvalue weighted by molar-refractivity contribution is 9.10. The van der Waals surface area contributed by atoms with E-state index in [1.807, 2.05) is 29.6 Å². The molecule has 8 heteroatoms. The van der Waals surface area contributed by atoms with E-state index in [0.717, 1.165) is 27.3 Å². The minimum absolute atomic E-state index is 0. The van der Waals surface area contributed by atoms with Gasteiger partial charge < -0.3 is 10.6 Å². The summed E-state index contributed by atoms with van der Waals surface area (Å²) >= 11 is 5.02. The number of halogens is 3. The van der Waals surface area contributed by atoms with Crippen LogP contribution in [0.5, 0.6) is 0 Å². The molecule has 0 aliphatic carbocycles. The summed E-state index contributed by atoms with van der Waals surface area (Å²) in [4.78, 5) is 16.5. The number of hydrogen-bond donors (Lipinski definition) is 2. The van der Waals surface area contributed by atoms with Crippen LogP contribution in [0.3, 0.4) is 0 Å². The van der Waals surface area contributed by atoms with Crippen LogP contribution in [-0.4, -0.2) is 30.0 Å². The zero-order valence-electron chi connectivity index (χ0n) is 13.5. The van der Waals surface area contributed by atoms with Gasteiger partial charge in [-0.25, -0.2) is 4.98 Å². The molecule has 0 unspecified atom stereocenters. The van der Waals surface area contributed by atoms with Crippen LogP contribution in [0.4, 0.5) is 0 Å². The number of likely N-dealkylation sites (N-methyl/N-ethyl adjacent to an activating group) is 1. The van der Waals surface area contributed by atoms with Crippen molar-refractivity contribution >= 4 is 58.0 Å². The summed E-state index contributed by atoms with van der Waals surface area (Å²) in [6, 6.07) is 8.29. The number of carbonyl (C=O) groups is 1.